The largest absolute Gasteiger partial charge is 0.354 e. The zero-order valence-electron chi connectivity index (χ0n) is 10.6. The van der Waals surface area contributed by atoms with Crippen molar-refractivity contribution in [2.24, 2.45) is 7.05 Å². The third-order valence-electron chi connectivity index (χ3n) is 2.80. The highest BCUT2D eigenvalue weighted by atomic mass is 15.4. The zero-order chi connectivity index (χ0) is 12.3. The van der Waals surface area contributed by atoms with E-state index in [0.717, 1.165) is 31.3 Å². The Balaban J connectivity index is 1.88. The molecule has 2 rings (SSSR count). The molecule has 1 heterocycles. The van der Waals surface area contributed by atoms with Crippen LogP contribution in [0.2, 0.25) is 0 Å². The summed E-state index contributed by atoms with van der Waals surface area (Å²) in [7, 11) is 5.89. The molecular weight excluding hydrogens is 214 g/mol. The Hall–Kier alpha value is -1.78. The second kappa shape index (κ2) is 5.03. The quantitative estimate of drug-likeness (QED) is 0.838. The van der Waals surface area contributed by atoms with Crippen LogP contribution in [-0.2, 0) is 7.05 Å². The summed E-state index contributed by atoms with van der Waals surface area (Å²) < 4.78 is 1.96. The van der Waals surface area contributed by atoms with E-state index >= 15 is 0 Å². The van der Waals surface area contributed by atoms with Gasteiger partial charge in [-0.3, -0.25) is 4.57 Å². The molecule has 5 heteroatoms. The van der Waals surface area contributed by atoms with Crippen LogP contribution in [0.3, 0.4) is 0 Å². The fraction of sp³-hybridized carbons (Fsp3) is 0.500. The van der Waals surface area contributed by atoms with Crippen molar-refractivity contribution < 1.29 is 0 Å². The van der Waals surface area contributed by atoms with Crippen molar-refractivity contribution >= 4 is 11.9 Å². The fourth-order valence-corrected chi connectivity index (χ4v) is 1.88. The zero-order valence-corrected chi connectivity index (χ0v) is 10.6. The van der Waals surface area contributed by atoms with Gasteiger partial charge >= 0.3 is 0 Å². The van der Waals surface area contributed by atoms with Gasteiger partial charge in [0.1, 0.15) is 0 Å². The normalized spacial score (nSPS) is 13.9. The minimum absolute atomic E-state index is 0.816. The first-order chi connectivity index (χ1) is 8.18. The first-order valence-electron chi connectivity index (χ1n) is 5.84. The molecule has 0 fully saturated rings. The van der Waals surface area contributed by atoms with Crippen LogP contribution < -0.4 is 10.2 Å². The second-order valence-electron chi connectivity index (χ2n) is 4.37. The molecule has 0 radical (unpaired) electrons. The van der Waals surface area contributed by atoms with Crippen LogP contribution >= 0.6 is 0 Å². The van der Waals surface area contributed by atoms with Gasteiger partial charge in [-0.05, 0) is 12.8 Å². The number of nitrogens with one attached hydrogen (secondary N) is 1. The summed E-state index contributed by atoms with van der Waals surface area (Å²) in [6.07, 6.45) is 8.72. The number of hydrogen-bond donors (Lipinski definition) is 1. The Morgan fingerprint density at radius 1 is 1.41 bits per heavy atom. The maximum atomic E-state index is 4.12. The van der Waals surface area contributed by atoms with Gasteiger partial charge in [-0.25, -0.2) is 0 Å². The van der Waals surface area contributed by atoms with E-state index in [0.29, 0.717) is 0 Å². The topological polar surface area (TPSA) is 46.0 Å². The van der Waals surface area contributed by atoms with E-state index in [4.69, 9.17) is 0 Å². The second-order valence-corrected chi connectivity index (χ2v) is 4.37. The lowest BCUT2D eigenvalue weighted by atomic mass is 10.2. The van der Waals surface area contributed by atoms with Crippen molar-refractivity contribution in [3.8, 4) is 0 Å². The number of anilines is 2. The molecule has 92 valence electrons. The molecule has 1 aromatic rings. The van der Waals surface area contributed by atoms with Crippen LogP contribution in [0, 0.1) is 0 Å². The third-order valence-corrected chi connectivity index (χ3v) is 2.80. The highest BCUT2D eigenvalue weighted by Gasteiger charge is 2.09. The van der Waals surface area contributed by atoms with Gasteiger partial charge in [0.25, 0.3) is 0 Å². The third kappa shape index (κ3) is 2.67. The monoisotopic (exact) mass is 233 g/mol. The van der Waals surface area contributed by atoms with Crippen molar-refractivity contribution in [1.82, 2.24) is 14.8 Å². The number of allylic oxidation sites excluding steroid dienone is 3. The molecule has 0 unspecified atom stereocenters. The van der Waals surface area contributed by atoms with E-state index in [2.05, 4.69) is 33.7 Å². The highest BCUT2D eigenvalue weighted by molar-refractivity contribution is 5.38. The van der Waals surface area contributed by atoms with Crippen molar-refractivity contribution in [2.75, 3.05) is 30.9 Å². The van der Waals surface area contributed by atoms with Crippen molar-refractivity contribution in [1.29, 1.82) is 0 Å². The Morgan fingerprint density at radius 3 is 2.82 bits per heavy atom. The Bertz CT molecular complexity index is 442. The van der Waals surface area contributed by atoms with E-state index in [-0.39, 0.29) is 0 Å². The number of aromatic nitrogens is 3. The maximum Gasteiger partial charge on any atom is 0.227 e. The predicted molar refractivity (Wildman–Crippen MR) is 70.3 cm³/mol. The predicted octanol–water partition coefficient (Wildman–Crippen LogP) is 1.57. The van der Waals surface area contributed by atoms with Gasteiger partial charge in [-0.2, -0.15) is 0 Å². The summed E-state index contributed by atoms with van der Waals surface area (Å²) in [5.74, 6) is 1.67. The van der Waals surface area contributed by atoms with Gasteiger partial charge < -0.3 is 10.2 Å². The summed E-state index contributed by atoms with van der Waals surface area (Å²) in [5, 5.41) is 11.5. The van der Waals surface area contributed by atoms with Crippen LogP contribution in [0.1, 0.15) is 12.8 Å². The van der Waals surface area contributed by atoms with Crippen LogP contribution in [0.25, 0.3) is 0 Å². The lowest BCUT2D eigenvalue weighted by Gasteiger charge is -2.11. The van der Waals surface area contributed by atoms with Gasteiger partial charge in [-0.1, -0.05) is 23.8 Å². The van der Waals surface area contributed by atoms with Crippen molar-refractivity contribution in [2.45, 2.75) is 12.8 Å². The number of hydrogen-bond acceptors (Lipinski definition) is 4. The lowest BCUT2D eigenvalue weighted by Crippen LogP contribution is -2.15. The molecule has 0 saturated heterocycles. The van der Waals surface area contributed by atoms with E-state index in [1.807, 2.05) is 30.6 Å². The standard InChI is InChI=1S/C12H19N5/c1-16(2)12-15-14-11(17(12)3)13-9-8-10-6-4-5-7-10/h4,6-7H,5,8-9H2,1-3H3,(H,13,14). The molecule has 0 bridgehead atoms. The smallest absolute Gasteiger partial charge is 0.227 e. The van der Waals surface area contributed by atoms with Gasteiger partial charge in [0.05, 0.1) is 0 Å². The van der Waals surface area contributed by atoms with Crippen LogP contribution in [0.4, 0.5) is 11.9 Å². The van der Waals surface area contributed by atoms with Gasteiger partial charge in [0, 0.05) is 27.7 Å². The first-order valence-corrected chi connectivity index (χ1v) is 5.84. The average Bonchev–Trinajstić information content (AvgIpc) is 2.89. The van der Waals surface area contributed by atoms with Gasteiger partial charge in [0.2, 0.25) is 11.9 Å². The van der Waals surface area contributed by atoms with Crippen LogP contribution in [0.5, 0.6) is 0 Å². The van der Waals surface area contributed by atoms with E-state index in [1.54, 1.807) is 0 Å². The molecule has 0 aromatic carbocycles. The molecule has 1 aromatic heterocycles. The van der Waals surface area contributed by atoms with Gasteiger partial charge in [0.15, 0.2) is 0 Å². The molecule has 1 aliphatic rings. The molecule has 1 N–H and O–H groups in total. The molecular formula is C12H19N5. The molecule has 5 nitrogen and oxygen atoms in total. The Morgan fingerprint density at radius 2 is 2.24 bits per heavy atom. The molecule has 17 heavy (non-hydrogen) atoms. The van der Waals surface area contributed by atoms with E-state index in [9.17, 15) is 0 Å². The van der Waals surface area contributed by atoms with Gasteiger partial charge in [-0.15, -0.1) is 10.2 Å². The molecule has 0 spiro atoms. The summed E-state index contributed by atoms with van der Waals surface area (Å²) in [4.78, 5) is 1.94. The van der Waals surface area contributed by atoms with Crippen LogP contribution in [-0.4, -0.2) is 35.4 Å². The minimum atomic E-state index is 0.816. The van der Waals surface area contributed by atoms with Crippen molar-refractivity contribution in [3.05, 3.63) is 23.8 Å². The first kappa shape index (κ1) is 11.7. The highest BCUT2D eigenvalue weighted by Crippen LogP contribution is 2.14. The summed E-state index contributed by atoms with van der Waals surface area (Å²) in [6.45, 7) is 0.884. The minimum Gasteiger partial charge on any atom is -0.354 e. The molecule has 0 amide bonds. The summed E-state index contributed by atoms with van der Waals surface area (Å²) in [5.41, 5.74) is 1.40. The summed E-state index contributed by atoms with van der Waals surface area (Å²) in [6, 6.07) is 0. The molecule has 0 saturated carbocycles. The van der Waals surface area contributed by atoms with E-state index in [1.165, 1.54) is 5.57 Å². The van der Waals surface area contributed by atoms with Crippen LogP contribution in [0.15, 0.2) is 23.8 Å². The molecule has 0 aliphatic heterocycles. The number of nitrogens with zero attached hydrogens (tertiary/aromatic N) is 4. The Kier molecular flexibility index (Phi) is 3.46. The summed E-state index contributed by atoms with van der Waals surface area (Å²) >= 11 is 0. The fourth-order valence-electron chi connectivity index (χ4n) is 1.88. The SMILES string of the molecule is CN(C)c1nnc(NCCC2=CCC=C2)n1C. The number of rotatable bonds is 5. The Labute approximate surface area is 102 Å². The van der Waals surface area contributed by atoms with Crippen molar-refractivity contribution in [3.63, 3.8) is 0 Å². The lowest BCUT2D eigenvalue weighted by molar-refractivity contribution is 0.859. The molecule has 1 aliphatic carbocycles. The average molecular weight is 233 g/mol. The molecule has 0 atom stereocenters. The van der Waals surface area contributed by atoms with E-state index < -0.39 is 0 Å². The maximum absolute atomic E-state index is 4.12.